The first kappa shape index (κ1) is 10.6. The summed E-state index contributed by atoms with van der Waals surface area (Å²) in [6, 6.07) is 8.77. The van der Waals surface area contributed by atoms with Crippen molar-refractivity contribution in [2.75, 3.05) is 0 Å². The summed E-state index contributed by atoms with van der Waals surface area (Å²) in [6.07, 6.45) is 1.64. The molecule has 84 valence electrons. The van der Waals surface area contributed by atoms with Gasteiger partial charge in [0.05, 0.1) is 5.56 Å². The van der Waals surface area contributed by atoms with Crippen molar-refractivity contribution in [1.82, 2.24) is 4.98 Å². The molecule has 1 aromatic heterocycles. The van der Waals surface area contributed by atoms with E-state index in [1.54, 1.807) is 36.5 Å². The third-order valence-corrected chi connectivity index (χ3v) is 2.86. The molecule has 3 rings (SSSR count). The Morgan fingerprint density at radius 3 is 2.88 bits per heavy atom. The third kappa shape index (κ3) is 1.88. The van der Waals surface area contributed by atoms with Crippen LogP contribution >= 0.6 is 23.2 Å². The first-order chi connectivity index (χ1) is 8.24. The van der Waals surface area contributed by atoms with Gasteiger partial charge < -0.3 is 4.74 Å². The Morgan fingerprint density at radius 2 is 2.00 bits per heavy atom. The Balaban J connectivity index is 2.24. The molecule has 0 radical (unpaired) electrons. The highest BCUT2D eigenvalue weighted by Crippen LogP contribution is 2.37. The smallest absolute Gasteiger partial charge is 0.245 e. The van der Waals surface area contributed by atoms with Crippen molar-refractivity contribution in [3.63, 3.8) is 0 Å². The first-order valence-electron chi connectivity index (χ1n) is 4.91. The summed E-state index contributed by atoms with van der Waals surface area (Å²) in [5, 5.41) is 0.925. The van der Waals surface area contributed by atoms with Crippen LogP contribution in [0.25, 0.3) is 0 Å². The number of benzene rings is 1. The van der Waals surface area contributed by atoms with E-state index in [0.29, 0.717) is 33.1 Å². The standard InChI is InChI=1S/C12H6Cl2N2O/c13-7-3-4-10-8(6-7)11(14)16-9-2-1-5-15-12(9)17-10/h1-6H. The van der Waals surface area contributed by atoms with Crippen molar-refractivity contribution in [2.45, 2.75) is 0 Å². The Morgan fingerprint density at radius 1 is 1.12 bits per heavy atom. The number of rotatable bonds is 0. The minimum atomic E-state index is 0.342. The maximum atomic E-state index is 6.13. The van der Waals surface area contributed by atoms with E-state index in [-0.39, 0.29) is 0 Å². The molecular weight excluding hydrogens is 259 g/mol. The second-order valence-electron chi connectivity index (χ2n) is 3.47. The van der Waals surface area contributed by atoms with E-state index in [1.807, 2.05) is 0 Å². The van der Waals surface area contributed by atoms with Crippen molar-refractivity contribution < 1.29 is 4.74 Å². The van der Waals surface area contributed by atoms with E-state index in [2.05, 4.69) is 9.98 Å². The third-order valence-electron chi connectivity index (χ3n) is 2.34. The average Bonchev–Trinajstić information content (AvgIpc) is 2.46. The van der Waals surface area contributed by atoms with Gasteiger partial charge in [-0.3, -0.25) is 0 Å². The molecule has 1 aliphatic heterocycles. The molecule has 2 aromatic rings. The summed E-state index contributed by atoms with van der Waals surface area (Å²) in [7, 11) is 0. The molecule has 0 bridgehead atoms. The lowest BCUT2D eigenvalue weighted by molar-refractivity contribution is 0.465. The van der Waals surface area contributed by atoms with Gasteiger partial charge in [-0.15, -0.1) is 0 Å². The normalized spacial score (nSPS) is 12.9. The monoisotopic (exact) mass is 264 g/mol. The lowest BCUT2D eigenvalue weighted by Crippen LogP contribution is -1.93. The van der Waals surface area contributed by atoms with Crippen LogP contribution in [0.4, 0.5) is 5.69 Å². The predicted molar refractivity (Wildman–Crippen MR) is 67.8 cm³/mol. The van der Waals surface area contributed by atoms with Crippen LogP contribution in [0.5, 0.6) is 11.6 Å². The van der Waals surface area contributed by atoms with E-state index in [0.717, 1.165) is 0 Å². The highest BCUT2D eigenvalue weighted by Gasteiger charge is 2.17. The van der Waals surface area contributed by atoms with E-state index in [9.17, 15) is 0 Å². The molecule has 0 atom stereocenters. The van der Waals surface area contributed by atoms with Crippen molar-refractivity contribution in [3.8, 4) is 11.6 Å². The van der Waals surface area contributed by atoms with Crippen LogP contribution in [0.15, 0.2) is 41.5 Å². The number of ether oxygens (including phenoxy) is 1. The molecule has 0 unspecified atom stereocenters. The molecular formula is C12H6Cl2N2O. The quantitative estimate of drug-likeness (QED) is 0.716. The number of hydrogen-bond acceptors (Lipinski definition) is 3. The number of aromatic nitrogens is 1. The molecule has 5 heteroatoms. The van der Waals surface area contributed by atoms with E-state index in [4.69, 9.17) is 27.9 Å². The predicted octanol–water partition coefficient (Wildman–Crippen LogP) is 4.16. The summed E-state index contributed by atoms with van der Waals surface area (Å²) in [5.74, 6) is 1.03. The Bertz CT molecular complexity index is 626. The number of halogens is 2. The molecule has 0 fully saturated rings. The Hall–Kier alpha value is -1.58. The van der Waals surface area contributed by atoms with Gasteiger partial charge in [-0.05, 0) is 30.3 Å². The van der Waals surface area contributed by atoms with E-state index in [1.165, 1.54) is 0 Å². The summed E-state index contributed by atoms with van der Waals surface area (Å²) in [4.78, 5) is 8.37. The SMILES string of the molecule is ClC1=Nc2cccnc2Oc2ccc(Cl)cc21. The number of pyridine rings is 1. The van der Waals surface area contributed by atoms with Gasteiger partial charge in [0.2, 0.25) is 5.88 Å². The highest BCUT2D eigenvalue weighted by molar-refractivity contribution is 6.70. The number of hydrogen-bond donors (Lipinski definition) is 0. The van der Waals surface area contributed by atoms with Gasteiger partial charge in [-0.2, -0.15) is 0 Å². The van der Waals surface area contributed by atoms with Gasteiger partial charge in [0, 0.05) is 11.2 Å². The largest absolute Gasteiger partial charge is 0.436 e. The lowest BCUT2D eigenvalue weighted by Gasteiger charge is -2.06. The molecule has 0 saturated heterocycles. The zero-order valence-corrected chi connectivity index (χ0v) is 10.0. The van der Waals surface area contributed by atoms with E-state index < -0.39 is 0 Å². The van der Waals surface area contributed by atoms with Crippen molar-refractivity contribution >= 4 is 34.1 Å². The zero-order valence-electron chi connectivity index (χ0n) is 8.52. The first-order valence-corrected chi connectivity index (χ1v) is 5.66. The maximum absolute atomic E-state index is 6.13. The maximum Gasteiger partial charge on any atom is 0.245 e. The van der Waals surface area contributed by atoms with Gasteiger partial charge in [-0.1, -0.05) is 23.2 Å². The Labute approximate surface area is 108 Å². The fourth-order valence-corrected chi connectivity index (χ4v) is 1.98. The van der Waals surface area contributed by atoms with Crippen molar-refractivity contribution in [1.29, 1.82) is 0 Å². The second-order valence-corrected chi connectivity index (χ2v) is 4.27. The summed E-state index contributed by atoms with van der Waals surface area (Å²) < 4.78 is 5.66. The average molecular weight is 265 g/mol. The summed E-state index contributed by atoms with van der Waals surface area (Å²) in [6.45, 7) is 0. The molecule has 0 N–H and O–H groups in total. The van der Waals surface area contributed by atoms with Gasteiger partial charge >= 0.3 is 0 Å². The summed E-state index contributed by atoms with van der Waals surface area (Å²) in [5.41, 5.74) is 1.27. The van der Waals surface area contributed by atoms with Crippen LogP contribution in [-0.2, 0) is 0 Å². The molecule has 0 aliphatic carbocycles. The van der Waals surface area contributed by atoms with Crippen LogP contribution in [0.1, 0.15) is 5.56 Å². The van der Waals surface area contributed by atoms with Crippen molar-refractivity contribution in [2.24, 2.45) is 4.99 Å². The van der Waals surface area contributed by atoms with Gasteiger partial charge in [0.25, 0.3) is 0 Å². The molecule has 17 heavy (non-hydrogen) atoms. The minimum absolute atomic E-state index is 0.342. The lowest BCUT2D eigenvalue weighted by atomic mass is 10.2. The van der Waals surface area contributed by atoms with Crippen LogP contribution in [-0.4, -0.2) is 10.2 Å². The highest BCUT2D eigenvalue weighted by atomic mass is 35.5. The van der Waals surface area contributed by atoms with Gasteiger partial charge in [-0.25, -0.2) is 9.98 Å². The fraction of sp³-hybridized carbons (Fsp3) is 0. The topological polar surface area (TPSA) is 34.5 Å². The number of nitrogens with zero attached hydrogens (tertiary/aromatic N) is 2. The molecule has 1 aromatic carbocycles. The minimum Gasteiger partial charge on any atom is -0.436 e. The molecule has 0 amide bonds. The van der Waals surface area contributed by atoms with Crippen LogP contribution in [0.2, 0.25) is 5.02 Å². The van der Waals surface area contributed by atoms with Crippen LogP contribution in [0, 0.1) is 0 Å². The fourth-order valence-electron chi connectivity index (χ4n) is 1.57. The molecule has 2 heterocycles. The van der Waals surface area contributed by atoms with Gasteiger partial charge in [0.15, 0.2) is 0 Å². The van der Waals surface area contributed by atoms with Gasteiger partial charge in [0.1, 0.15) is 16.6 Å². The molecule has 3 nitrogen and oxygen atoms in total. The number of aliphatic imine (C=N–C) groups is 1. The van der Waals surface area contributed by atoms with E-state index >= 15 is 0 Å². The van der Waals surface area contributed by atoms with Crippen LogP contribution in [0.3, 0.4) is 0 Å². The molecule has 0 saturated carbocycles. The zero-order chi connectivity index (χ0) is 11.8. The molecule has 0 spiro atoms. The Kier molecular flexibility index (Phi) is 2.50. The molecule has 1 aliphatic rings. The second kappa shape index (κ2) is 4.02. The summed E-state index contributed by atoms with van der Waals surface area (Å²) >= 11 is 12.1. The number of fused-ring (bicyclic) bond motifs is 2. The van der Waals surface area contributed by atoms with Crippen LogP contribution < -0.4 is 4.74 Å². The van der Waals surface area contributed by atoms with Crippen molar-refractivity contribution in [3.05, 3.63) is 47.1 Å².